The second kappa shape index (κ2) is 6.17. The minimum atomic E-state index is -1.17. The van der Waals surface area contributed by atoms with Gasteiger partial charge >= 0.3 is 5.97 Å². The van der Waals surface area contributed by atoms with Gasteiger partial charge in [0.15, 0.2) is 0 Å². The molecule has 0 unspecified atom stereocenters. The number of aliphatic carboxylic acids is 1. The van der Waals surface area contributed by atoms with Crippen LogP contribution in [-0.2, 0) is 14.3 Å². The Morgan fingerprint density at radius 2 is 2.12 bits per heavy atom. The average molecular weight is 262 g/mol. The summed E-state index contributed by atoms with van der Waals surface area (Å²) in [6, 6.07) is 3.77. The van der Waals surface area contributed by atoms with Crippen LogP contribution >= 0.6 is 11.6 Å². The number of benzene rings is 1. The maximum absolute atomic E-state index is 13.0. The summed E-state index contributed by atoms with van der Waals surface area (Å²) in [6.07, 6.45) is 0. The molecule has 1 rings (SSSR count). The molecule has 0 aliphatic rings. The van der Waals surface area contributed by atoms with Crippen molar-refractivity contribution in [1.82, 2.24) is 0 Å². The summed E-state index contributed by atoms with van der Waals surface area (Å²) in [5.41, 5.74) is 0.218. The number of halogens is 2. The van der Waals surface area contributed by atoms with Crippen molar-refractivity contribution in [2.45, 2.75) is 0 Å². The topological polar surface area (TPSA) is 75.6 Å². The zero-order valence-corrected chi connectivity index (χ0v) is 9.33. The van der Waals surface area contributed by atoms with Crippen molar-refractivity contribution in [2.75, 3.05) is 18.5 Å². The summed E-state index contributed by atoms with van der Waals surface area (Å²) in [5, 5.41) is 10.5. The van der Waals surface area contributed by atoms with Crippen LogP contribution in [0, 0.1) is 5.82 Å². The van der Waals surface area contributed by atoms with Crippen LogP contribution < -0.4 is 5.32 Å². The summed E-state index contributed by atoms with van der Waals surface area (Å²) in [4.78, 5) is 21.3. The summed E-state index contributed by atoms with van der Waals surface area (Å²) in [7, 11) is 0. The van der Waals surface area contributed by atoms with E-state index in [0.29, 0.717) is 0 Å². The van der Waals surface area contributed by atoms with E-state index >= 15 is 0 Å². The molecule has 0 heterocycles. The molecule has 0 bridgehead atoms. The predicted octanol–water partition coefficient (Wildman–Crippen LogP) is 1.52. The molecule has 0 aliphatic carbocycles. The van der Waals surface area contributed by atoms with Gasteiger partial charge in [-0.05, 0) is 18.2 Å². The van der Waals surface area contributed by atoms with Crippen molar-refractivity contribution < 1.29 is 23.8 Å². The van der Waals surface area contributed by atoms with Crippen LogP contribution in [0.15, 0.2) is 18.2 Å². The summed E-state index contributed by atoms with van der Waals surface area (Å²) in [5.74, 6) is -2.40. The van der Waals surface area contributed by atoms with E-state index in [1.807, 2.05) is 0 Å². The largest absolute Gasteiger partial charge is 0.480 e. The second-order valence-electron chi connectivity index (χ2n) is 3.06. The number of carbonyl (C=O) groups excluding carboxylic acids is 1. The Morgan fingerprint density at radius 1 is 1.41 bits per heavy atom. The van der Waals surface area contributed by atoms with E-state index in [4.69, 9.17) is 16.7 Å². The van der Waals surface area contributed by atoms with Gasteiger partial charge in [0.25, 0.3) is 0 Å². The predicted molar refractivity (Wildman–Crippen MR) is 58.5 cm³/mol. The van der Waals surface area contributed by atoms with Gasteiger partial charge in [0.05, 0.1) is 5.02 Å². The molecule has 0 aliphatic heterocycles. The minimum Gasteiger partial charge on any atom is -0.480 e. The molecule has 2 N–H and O–H groups in total. The Hall–Kier alpha value is -1.66. The first-order chi connectivity index (χ1) is 7.99. The van der Waals surface area contributed by atoms with Crippen molar-refractivity contribution >= 4 is 29.2 Å². The van der Waals surface area contributed by atoms with Crippen molar-refractivity contribution in [3.05, 3.63) is 29.0 Å². The highest BCUT2D eigenvalue weighted by Crippen LogP contribution is 2.18. The quantitative estimate of drug-likeness (QED) is 0.843. The molecule has 0 saturated heterocycles. The number of carboxylic acids is 1. The van der Waals surface area contributed by atoms with Gasteiger partial charge in [0, 0.05) is 5.69 Å². The van der Waals surface area contributed by atoms with E-state index in [1.165, 1.54) is 12.1 Å². The third kappa shape index (κ3) is 4.80. The lowest BCUT2D eigenvalue weighted by molar-refractivity contribution is -0.143. The number of amides is 1. The molecule has 0 fully saturated rings. The molecule has 0 aromatic heterocycles. The highest BCUT2D eigenvalue weighted by Gasteiger charge is 2.06. The molecule has 0 saturated carbocycles. The zero-order valence-electron chi connectivity index (χ0n) is 8.57. The lowest BCUT2D eigenvalue weighted by atomic mass is 10.3. The number of carboxylic acid groups (broad SMARTS) is 1. The smallest absolute Gasteiger partial charge is 0.329 e. The monoisotopic (exact) mass is 261 g/mol. The molecule has 0 radical (unpaired) electrons. The fraction of sp³-hybridized carbons (Fsp3) is 0.200. The number of carbonyl (C=O) groups is 2. The molecule has 5 nitrogen and oxygen atoms in total. The van der Waals surface area contributed by atoms with E-state index in [9.17, 15) is 14.0 Å². The maximum Gasteiger partial charge on any atom is 0.329 e. The molecule has 0 spiro atoms. The van der Waals surface area contributed by atoms with E-state index in [1.54, 1.807) is 0 Å². The first kappa shape index (κ1) is 13.4. The van der Waals surface area contributed by atoms with Gasteiger partial charge < -0.3 is 15.2 Å². The third-order valence-corrected chi connectivity index (χ3v) is 1.97. The molecule has 1 aromatic rings. The molecule has 1 aromatic carbocycles. The highest BCUT2D eigenvalue weighted by atomic mass is 35.5. The van der Waals surface area contributed by atoms with E-state index < -0.39 is 30.9 Å². The summed E-state index contributed by atoms with van der Waals surface area (Å²) >= 11 is 5.46. The highest BCUT2D eigenvalue weighted by molar-refractivity contribution is 6.30. The number of rotatable bonds is 5. The Kier molecular flexibility index (Phi) is 4.86. The minimum absolute atomic E-state index is 0.0508. The van der Waals surface area contributed by atoms with Crippen molar-refractivity contribution in [3.8, 4) is 0 Å². The first-order valence-electron chi connectivity index (χ1n) is 4.53. The summed E-state index contributed by atoms with van der Waals surface area (Å²) < 4.78 is 17.5. The number of ether oxygens (including phenoxy) is 1. The Labute approximate surface area is 101 Å². The fourth-order valence-electron chi connectivity index (χ4n) is 1.00. The number of nitrogens with one attached hydrogen (secondary N) is 1. The van der Waals surface area contributed by atoms with E-state index in [2.05, 4.69) is 10.1 Å². The second-order valence-corrected chi connectivity index (χ2v) is 3.47. The zero-order chi connectivity index (χ0) is 12.8. The van der Waals surface area contributed by atoms with Crippen molar-refractivity contribution in [3.63, 3.8) is 0 Å². The molecule has 7 heteroatoms. The first-order valence-corrected chi connectivity index (χ1v) is 4.91. The van der Waals surface area contributed by atoms with Gasteiger partial charge in [-0.25, -0.2) is 9.18 Å². The molecule has 0 atom stereocenters. The standard InChI is InChI=1S/C10H9ClFNO4/c11-7-2-1-6(3-8(7)12)13-9(14)4-17-5-10(15)16/h1-3H,4-5H2,(H,13,14)(H,15,16). The van der Waals surface area contributed by atoms with Crippen LogP contribution in [0.25, 0.3) is 0 Å². The summed E-state index contributed by atoms with van der Waals surface area (Å²) in [6.45, 7) is -0.987. The van der Waals surface area contributed by atoms with Gasteiger partial charge in [0.1, 0.15) is 19.0 Å². The number of hydrogen-bond donors (Lipinski definition) is 2. The lowest BCUT2D eigenvalue weighted by Crippen LogP contribution is -2.20. The fourth-order valence-corrected chi connectivity index (χ4v) is 1.12. The van der Waals surface area contributed by atoms with Gasteiger partial charge in [-0.3, -0.25) is 4.79 Å². The Bertz CT molecular complexity index is 438. The molecule has 17 heavy (non-hydrogen) atoms. The molecule has 1 amide bonds. The van der Waals surface area contributed by atoms with Crippen LogP contribution in [-0.4, -0.2) is 30.2 Å². The van der Waals surface area contributed by atoms with Crippen LogP contribution in [0.2, 0.25) is 5.02 Å². The van der Waals surface area contributed by atoms with Crippen LogP contribution in [0.5, 0.6) is 0 Å². The number of hydrogen-bond acceptors (Lipinski definition) is 3. The van der Waals surface area contributed by atoms with Crippen LogP contribution in [0.4, 0.5) is 10.1 Å². The van der Waals surface area contributed by atoms with Gasteiger partial charge in [0.2, 0.25) is 5.91 Å². The molecular weight excluding hydrogens is 253 g/mol. The van der Waals surface area contributed by atoms with Gasteiger partial charge in [-0.15, -0.1) is 0 Å². The Balaban J connectivity index is 2.45. The SMILES string of the molecule is O=C(O)COCC(=O)Nc1ccc(Cl)c(F)c1. The normalized spacial score (nSPS) is 10.0. The van der Waals surface area contributed by atoms with Crippen molar-refractivity contribution in [2.24, 2.45) is 0 Å². The van der Waals surface area contributed by atoms with Crippen molar-refractivity contribution in [1.29, 1.82) is 0 Å². The molecular formula is C10H9ClFNO4. The third-order valence-electron chi connectivity index (χ3n) is 1.66. The van der Waals surface area contributed by atoms with E-state index in [-0.39, 0.29) is 10.7 Å². The number of anilines is 1. The van der Waals surface area contributed by atoms with Crippen LogP contribution in [0.3, 0.4) is 0 Å². The maximum atomic E-state index is 13.0. The van der Waals surface area contributed by atoms with Gasteiger partial charge in [-0.2, -0.15) is 0 Å². The van der Waals surface area contributed by atoms with Gasteiger partial charge in [-0.1, -0.05) is 11.6 Å². The molecule has 92 valence electrons. The average Bonchev–Trinajstić information content (AvgIpc) is 2.23. The Morgan fingerprint density at radius 3 is 2.71 bits per heavy atom. The lowest BCUT2D eigenvalue weighted by Gasteiger charge is -2.05. The van der Waals surface area contributed by atoms with E-state index in [0.717, 1.165) is 6.07 Å². The van der Waals surface area contributed by atoms with Crippen LogP contribution in [0.1, 0.15) is 0 Å².